The molecule has 0 radical (unpaired) electrons. The van der Waals surface area contributed by atoms with Crippen molar-refractivity contribution in [1.82, 2.24) is 9.97 Å². The summed E-state index contributed by atoms with van der Waals surface area (Å²) >= 11 is 5.61. The Labute approximate surface area is 78.4 Å². The molecule has 1 heterocycles. The molecule has 0 bridgehead atoms. The van der Waals surface area contributed by atoms with E-state index in [9.17, 15) is 0 Å². The van der Waals surface area contributed by atoms with Crippen LogP contribution in [-0.4, -0.2) is 15.8 Å². The minimum atomic E-state index is 0.637. The van der Waals surface area contributed by atoms with Crippen molar-refractivity contribution in [2.45, 2.75) is 33.1 Å². The van der Waals surface area contributed by atoms with Crippen molar-refractivity contribution in [3.05, 3.63) is 17.2 Å². The van der Waals surface area contributed by atoms with Gasteiger partial charge in [0, 0.05) is 18.0 Å². The Morgan fingerprint density at radius 3 is 2.75 bits per heavy atom. The van der Waals surface area contributed by atoms with E-state index in [1.54, 1.807) is 0 Å². The Kier molecular flexibility index (Phi) is 3.60. The minimum absolute atomic E-state index is 0.637. The van der Waals surface area contributed by atoms with Crippen LogP contribution in [0.2, 0.25) is 0 Å². The highest BCUT2D eigenvalue weighted by atomic mass is 35.5. The summed E-state index contributed by atoms with van der Waals surface area (Å²) in [4.78, 5) is 7.68. The van der Waals surface area contributed by atoms with E-state index in [4.69, 9.17) is 11.6 Å². The lowest BCUT2D eigenvalue weighted by Gasteiger charge is -1.91. The van der Waals surface area contributed by atoms with E-state index in [0.717, 1.165) is 25.1 Å². The smallest absolute Gasteiger partial charge is 0.107 e. The zero-order chi connectivity index (χ0) is 8.97. The second-order valence-corrected chi connectivity index (χ2v) is 3.32. The Hall–Kier alpha value is -0.500. The van der Waals surface area contributed by atoms with Crippen LogP contribution in [-0.2, 0) is 12.8 Å². The number of hydrogen-bond donors (Lipinski definition) is 1. The van der Waals surface area contributed by atoms with Gasteiger partial charge in [0.2, 0.25) is 0 Å². The first-order valence-electron chi connectivity index (χ1n) is 4.38. The Morgan fingerprint density at radius 1 is 1.42 bits per heavy atom. The number of H-pyrrole nitrogens is 1. The average Bonchev–Trinajstić information content (AvgIpc) is 2.34. The predicted octanol–water partition coefficient (Wildman–Crippen LogP) is 2.45. The molecular weight excluding hydrogens is 172 g/mol. The van der Waals surface area contributed by atoms with Crippen LogP contribution < -0.4 is 0 Å². The molecule has 1 rings (SSSR count). The van der Waals surface area contributed by atoms with Crippen molar-refractivity contribution in [3.63, 3.8) is 0 Å². The second kappa shape index (κ2) is 4.51. The van der Waals surface area contributed by atoms with Crippen LogP contribution in [0.5, 0.6) is 0 Å². The number of hydrogen-bond acceptors (Lipinski definition) is 1. The third kappa shape index (κ3) is 2.24. The van der Waals surface area contributed by atoms with Gasteiger partial charge >= 0.3 is 0 Å². The van der Waals surface area contributed by atoms with E-state index in [-0.39, 0.29) is 0 Å². The van der Waals surface area contributed by atoms with Crippen LogP contribution in [0.3, 0.4) is 0 Å². The molecule has 0 aliphatic heterocycles. The SMILES string of the molecule is CCCc1nc(CCCl)[nH]c1C. The van der Waals surface area contributed by atoms with Crippen molar-refractivity contribution < 1.29 is 0 Å². The molecule has 0 saturated carbocycles. The number of aryl methyl sites for hydroxylation is 3. The maximum absolute atomic E-state index is 5.61. The number of aromatic amines is 1. The number of imidazole rings is 1. The molecule has 12 heavy (non-hydrogen) atoms. The first-order valence-corrected chi connectivity index (χ1v) is 4.91. The molecule has 0 aliphatic carbocycles. The summed E-state index contributed by atoms with van der Waals surface area (Å²) in [6, 6.07) is 0. The highest BCUT2D eigenvalue weighted by Gasteiger charge is 2.04. The van der Waals surface area contributed by atoms with Crippen molar-refractivity contribution in [1.29, 1.82) is 0 Å². The maximum Gasteiger partial charge on any atom is 0.107 e. The molecule has 1 aromatic heterocycles. The van der Waals surface area contributed by atoms with Gasteiger partial charge in [0.05, 0.1) is 5.69 Å². The van der Waals surface area contributed by atoms with E-state index < -0.39 is 0 Å². The summed E-state index contributed by atoms with van der Waals surface area (Å²) < 4.78 is 0. The third-order valence-electron chi connectivity index (χ3n) is 1.85. The molecule has 0 unspecified atom stereocenters. The van der Waals surface area contributed by atoms with Gasteiger partial charge in [-0.25, -0.2) is 4.98 Å². The van der Waals surface area contributed by atoms with Gasteiger partial charge in [-0.2, -0.15) is 0 Å². The van der Waals surface area contributed by atoms with Gasteiger partial charge in [-0.05, 0) is 13.3 Å². The highest BCUT2D eigenvalue weighted by Crippen LogP contribution is 2.07. The van der Waals surface area contributed by atoms with Gasteiger partial charge in [0.1, 0.15) is 5.82 Å². The zero-order valence-corrected chi connectivity index (χ0v) is 8.41. The lowest BCUT2D eigenvalue weighted by atomic mass is 10.2. The molecule has 68 valence electrons. The molecule has 2 nitrogen and oxygen atoms in total. The van der Waals surface area contributed by atoms with Gasteiger partial charge in [-0.1, -0.05) is 13.3 Å². The predicted molar refractivity (Wildman–Crippen MR) is 51.7 cm³/mol. The lowest BCUT2D eigenvalue weighted by Crippen LogP contribution is -1.89. The standard InChI is InChI=1S/C9H15ClN2/c1-3-4-8-7(2)11-9(12-8)5-6-10/h3-6H2,1-2H3,(H,11,12). The quantitative estimate of drug-likeness (QED) is 0.720. The largest absolute Gasteiger partial charge is 0.346 e. The highest BCUT2D eigenvalue weighted by molar-refractivity contribution is 6.17. The fourth-order valence-corrected chi connectivity index (χ4v) is 1.43. The number of nitrogens with zero attached hydrogens (tertiary/aromatic N) is 1. The average molecular weight is 187 g/mol. The van der Waals surface area contributed by atoms with Crippen LogP contribution in [0.15, 0.2) is 0 Å². The zero-order valence-electron chi connectivity index (χ0n) is 7.65. The fourth-order valence-electron chi connectivity index (χ4n) is 1.25. The van der Waals surface area contributed by atoms with E-state index in [1.165, 1.54) is 11.4 Å². The number of alkyl halides is 1. The second-order valence-electron chi connectivity index (χ2n) is 2.94. The minimum Gasteiger partial charge on any atom is -0.346 e. The molecule has 0 saturated heterocycles. The molecule has 3 heteroatoms. The van der Waals surface area contributed by atoms with Crippen LogP contribution >= 0.6 is 11.6 Å². The molecule has 0 spiro atoms. The molecule has 0 atom stereocenters. The summed E-state index contributed by atoms with van der Waals surface area (Å²) in [5.41, 5.74) is 2.38. The molecule has 0 fully saturated rings. The molecule has 1 N–H and O–H groups in total. The van der Waals surface area contributed by atoms with E-state index in [2.05, 4.69) is 23.8 Å². The Balaban J connectivity index is 2.70. The van der Waals surface area contributed by atoms with Crippen molar-refractivity contribution in [3.8, 4) is 0 Å². The number of halogens is 1. The van der Waals surface area contributed by atoms with Gasteiger partial charge < -0.3 is 4.98 Å². The normalized spacial score (nSPS) is 10.6. The third-order valence-corrected chi connectivity index (χ3v) is 2.04. The number of nitrogens with one attached hydrogen (secondary N) is 1. The maximum atomic E-state index is 5.61. The summed E-state index contributed by atoms with van der Waals surface area (Å²) in [6.45, 7) is 4.23. The van der Waals surface area contributed by atoms with Crippen molar-refractivity contribution in [2.24, 2.45) is 0 Å². The summed E-state index contributed by atoms with van der Waals surface area (Å²) in [6.07, 6.45) is 3.04. The monoisotopic (exact) mass is 186 g/mol. The van der Waals surface area contributed by atoms with Crippen molar-refractivity contribution >= 4 is 11.6 Å². The summed E-state index contributed by atoms with van der Waals surface area (Å²) in [5, 5.41) is 0. The first kappa shape index (κ1) is 9.59. The number of aromatic nitrogens is 2. The van der Waals surface area contributed by atoms with Gasteiger partial charge in [-0.3, -0.25) is 0 Å². The molecule has 0 aromatic carbocycles. The topological polar surface area (TPSA) is 28.7 Å². The van der Waals surface area contributed by atoms with Crippen LogP contribution in [0.25, 0.3) is 0 Å². The summed E-state index contributed by atoms with van der Waals surface area (Å²) in [5.74, 6) is 1.66. The molecule has 0 amide bonds. The molecule has 1 aromatic rings. The summed E-state index contributed by atoms with van der Waals surface area (Å²) in [7, 11) is 0. The van der Waals surface area contributed by atoms with E-state index in [0.29, 0.717) is 5.88 Å². The Morgan fingerprint density at radius 2 is 2.17 bits per heavy atom. The van der Waals surface area contributed by atoms with Crippen LogP contribution in [0.1, 0.15) is 30.6 Å². The number of rotatable bonds is 4. The molecular formula is C9H15ClN2. The van der Waals surface area contributed by atoms with Crippen molar-refractivity contribution in [2.75, 3.05) is 5.88 Å². The van der Waals surface area contributed by atoms with Crippen LogP contribution in [0, 0.1) is 6.92 Å². The first-order chi connectivity index (χ1) is 5.77. The molecule has 0 aliphatic rings. The fraction of sp³-hybridized carbons (Fsp3) is 0.667. The van der Waals surface area contributed by atoms with Gasteiger partial charge in [-0.15, -0.1) is 11.6 Å². The lowest BCUT2D eigenvalue weighted by molar-refractivity contribution is 0.874. The Bertz CT molecular complexity index is 243. The van der Waals surface area contributed by atoms with Gasteiger partial charge in [0.15, 0.2) is 0 Å². The van der Waals surface area contributed by atoms with E-state index in [1.807, 2.05) is 0 Å². The van der Waals surface area contributed by atoms with Gasteiger partial charge in [0.25, 0.3) is 0 Å². The van der Waals surface area contributed by atoms with E-state index >= 15 is 0 Å². The van der Waals surface area contributed by atoms with Crippen LogP contribution in [0.4, 0.5) is 0 Å².